The summed E-state index contributed by atoms with van der Waals surface area (Å²) >= 11 is 5.69. The summed E-state index contributed by atoms with van der Waals surface area (Å²) in [6, 6.07) is 2.44. The number of hydrogen-bond donors (Lipinski definition) is 1. The van der Waals surface area contributed by atoms with Crippen molar-refractivity contribution in [3.05, 3.63) is 42.2 Å². The van der Waals surface area contributed by atoms with Gasteiger partial charge in [0.1, 0.15) is 5.15 Å². The first-order valence-electron chi connectivity index (χ1n) is 5.57. The summed E-state index contributed by atoms with van der Waals surface area (Å²) in [7, 11) is -3.59. The van der Waals surface area contributed by atoms with Crippen molar-refractivity contribution in [3.8, 4) is 0 Å². The summed E-state index contributed by atoms with van der Waals surface area (Å²) in [5.74, 6) is 0. The Kier molecular flexibility index (Phi) is 4.18. The van der Waals surface area contributed by atoms with Gasteiger partial charge >= 0.3 is 0 Å². The van der Waals surface area contributed by atoms with E-state index in [9.17, 15) is 8.42 Å². The van der Waals surface area contributed by atoms with E-state index in [1.54, 1.807) is 30.2 Å². The van der Waals surface area contributed by atoms with Crippen LogP contribution < -0.4 is 4.72 Å². The zero-order valence-electron chi connectivity index (χ0n) is 10.2. The average molecular weight is 301 g/mol. The van der Waals surface area contributed by atoms with Crippen LogP contribution in [0.1, 0.15) is 6.92 Å². The predicted molar refractivity (Wildman–Crippen MR) is 71.3 cm³/mol. The predicted octanol–water partition coefficient (Wildman–Crippen LogP) is 1.30. The highest BCUT2D eigenvalue weighted by Gasteiger charge is 2.17. The molecule has 1 unspecified atom stereocenters. The highest BCUT2D eigenvalue weighted by molar-refractivity contribution is 7.89. The third-order valence-electron chi connectivity index (χ3n) is 2.41. The smallest absolute Gasteiger partial charge is 0.241 e. The van der Waals surface area contributed by atoms with Crippen LogP contribution in [0.25, 0.3) is 0 Å². The zero-order chi connectivity index (χ0) is 13.9. The Morgan fingerprint density at radius 2 is 2.26 bits per heavy atom. The van der Waals surface area contributed by atoms with Gasteiger partial charge in [0.15, 0.2) is 0 Å². The van der Waals surface area contributed by atoms with Gasteiger partial charge in [0.05, 0.1) is 11.2 Å². The van der Waals surface area contributed by atoms with Gasteiger partial charge < -0.3 is 4.57 Å². The summed E-state index contributed by atoms with van der Waals surface area (Å²) in [4.78, 5) is 7.76. The van der Waals surface area contributed by atoms with Crippen molar-refractivity contribution < 1.29 is 8.42 Å². The fourth-order valence-electron chi connectivity index (χ4n) is 1.63. The lowest BCUT2D eigenvalue weighted by Crippen LogP contribution is -2.35. The van der Waals surface area contributed by atoms with Crippen molar-refractivity contribution >= 4 is 21.6 Å². The van der Waals surface area contributed by atoms with Crippen molar-refractivity contribution in [3.63, 3.8) is 0 Å². The van der Waals surface area contributed by atoms with E-state index >= 15 is 0 Å². The van der Waals surface area contributed by atoms with Gasteiger partial charge in [0.2, 0.25) is 10.0 Å². The van der Waals surface area contributed by atoms with Gasteiger partial charge in [0, 0.05) is 31.2 Å². The summed E-state index contributed by atoms with van der Waals surface area (Å²) < 4.78 is 28.6. The Hall–Kier alpha value is -1.44. The molecule has 0 aliphatic rings. The number of halogens is 1. The maximum Gasteiger partial charge on any atom is 0.241 e. The minimum Gasteiger partial charge on any atom is -0.336 e. The molecule has 102 valence electrons. The molecule has 6 nitrogen and oxygen atoms in total. The number of sulfonamides is 1. The van der Waals surface area contributed by atoms with Crippen LogP contribution in [0.4, 0.5) is 0 Å². The van der Waals surface area contributed by atoms with Crippen LogP contribution in [0.2, 0.25) is 5.15 Å². The Labute approximate surface area is 116 Å². The molecule has 1 atom stereocenters. The first kappa shape index (κ1) is 14.0. The number of nitrogens with zero attached hydrogens (tertiary/aromatic N) is 3. The normalized spacial score (nSPS) is 13.4. The minimum absolute atomic E-state index is 0.102. The van der Waals surface area contributed by atoms with E-state index < -0.39 is 10.0 Å². The van der Waals surface area contributed by atoms with Crippen LogP contribution in [-0.4, -0.2) is 29.0 Å². The van der Waals surface area contributed by atoms with Crippen molar-refractivity contribution in [1.82, 2.24) is 19.3 Å². The summed E-state index contributed by atoms with van der Waals surface area (Å²) in [5.41, 5.74) is 0. The second-order valence-electron chi connectivity index (χ2n) is 4.10. The maximum atomic E-state index is 12.1. The molecule has 2 rings (SSSR count). The maximum absolute atomic E-state index is 12.1. The third kappa shape index (κ3) is 3.76. The highest BCUT2D eigenvalue weighted by atomic mass is 35.5. The molecule has 0 fully saturated rings. The van der Waals surface area contributed by atoms with Crippen molar-refractivity contribution in [2.45, 2.75) is 24.4 Å². The molecule has 2 aromatic rings. The summed E-state index contributed by atoms with van der Waals surface area (Å²) in [5, 5.41) is 0.144. The fourth-order valence-corrected chi connectivity index (χ4v) is 3.12. The second-order valence-corrected chi connectivity index (χ2v) is 6.20. The molecule has 0 radical (unpaired) electrons. The van der Waals surface area contributed by atoms with Crippen LogP contribution in [0.15, 0.2) is 41.9 Å². The zero-order valence-corrected chi connectivity index (χ0v) is 11.8. The first-order chi connectivity index (χ1) is 8.97. The molecule has 2 heterocycles. The molecular formula is C11H13ClN4O2S. The van der Waals surface area contributed by atoms with E-state index in [1.165, 1.54) is 18.3 Å². The van der Waals surface area contributed by atoms with Gasteiger partial charge in [-0.1, -0.05) is 11.6 Å². The van der Waals surface area contributed by atoms with Gasteiger partial charge in [-0.05, 0) is 19.1 Å². The van der Waals surface area contributed by atoms with Crippen molar-refractivity contribution in [1.29, 1.82) is 0 Å². The molecule has 2 aromatic heterocycles. The number of rotatable bonds is 5. The van der Waals surface area contributed by atoms with E-state index in [1.807, 2.05) is 0 Å². The van der Waals surface area contributed by atoms with Gasteiger partial charge in [-0.25, -0.2) is 23.1 Å². The lowest BCUT2D eigenvalue weighted by Gasteiger charge is -2.14. The average Bonchev–Trinajstić information content (AvgIpc) is 2.81. The molecule has 0 spiro atoms. The van der Waals surface area contributed by atoms with Crippen LogP contribution >= 0.6 is 11.6 Å². The molecule has 0 bridgehead atoms. The van der Waals surface area contributed by atoms with Crippen molar-refractivity contribution in [2.24, 2.45) is 0 Å². The molecule has 0 aromatic carbocycles. The SMILES string of the molecule is CC(Cn1ccnc1)NS(=O)(=O)c1ccnc(Cl)c1. The lowest BCUT2D eigenvalue weighted by molar-refractivity contribution is 0.520. The number of hydrogen-bond acceptors (Lipinski definition) is 4. The second kappa shape index (κ2) is 5.68. The minimum atomic E-state index is -3.59. The number of aromatic nitrogens is 3. The molecule has 8 heteroatoms. The standard InChI is InChI=1S/C11H13ClN4O2S/c1-9(7-16-5-4-13-8-16)15-19(17,18)10-2-3-14-11(12)6-10/h2-6,8-9,15H,7H2,1H3. The molecule has 1 N–H and O–H groups in total. The van der Waals surface area contributed by atoms with Crippen LogP contribution in [-0.2, 0) is 16.6 Å². The molecule has 0 amide bonds. The highest BCUT2D eigenvalue weighted by Crippen LogP contribution is 2.13. The number of nitrogens with one attached hydrogen (secondary N) is 1. The van der Waals surface area contributed by atoms with E-state index in [4.69, 9.17) is 11.6 Å². The van der Waals surface area contributed by atoms with E-state index in [-0.39, 0.29) is 16.1 Å². The molecule has 0 saturated carbocycles. The first-order valence-corrected chi connectivity index (χ1v) is 7.43. The van der Waals surface area contributed by atoms with E-state index in [0.717, 1.165) is 0 Å². The van der Waals surface area contributed by atoms with Crippen molar-refractivity contribution in [2.75, 3.05) is 0 Å². The molecule has 0 saturated heterocycles. The molecular weight excluding hydrogens is 288 g/mol. The molecule has 0 aliphatic carbocycles. The topological polar surface area (TPSA) is 76.9 Å². The summed E-state index contributed by atoms with van der Waals surface area (Å²) in [6.45, 7) is 2.28. The Balaban J connectivity index is 2.09. The Bertz CT molecular complexity index is 642. The third-order valence-corrected chi connectivity index (χ3v) is 4.20. The monoisotopic (exact) mass is 300 g/mol. The molecule has 19 heavy (non-hydrogen) atoms. The van der Waals surface area contributed by atoms with Crippen LogP contribution in [0.5, 0.6) is 0 Å². The quantitative estimate of drug-likeness (QED) is 0.844. The number of imidazole rings is 1. The van der Waals surface area contributed by atoms with Gasteiger partial charge in [-0.3, -0.25) is 0 Å². The Morgan fingerprint density at radius 3 is 2.89 bits per heavy atom. The van der Waals surface area contributed by atoms with E-state index in [2.05, 4.69) is 14.7 Å². The van der Waals surface area contributed by atoms with Crippen LogP contribution in [0.3, 0.4) is 0 Å². The number of pyridine rings is 1. The summed E-state index contributed by atoms with van der Waals surface area (Å²) in [6.07, 6.45) is 6.41. The fraction of sp³-hybridized carbons (Fsp3) is 0.273. The van der Waals surface area contributed by atoms with Gasteiger partial charge in [-0.2, -0.15) is 0 Å². The lowest BCUT2D eigenvalue weighted by atomic mass is 10.4. The van der Waals surface area contributed by atoms with Gasteiger partial charge in [0.25, 0.3) is 0 Å². The van der Waals surface area contributed by atoms with E-state index in [0.29, 0.717) is 6.54 Å². The Morgan fingerprint density at radius 1 is 1.47 bits per heavy atom. The molecule has 0 aliphatic heterocycles. The van der Waals surface area contributed by atoms with Gasteiger partial charge in [-0.15, -0.1) is 0 Å². The van der Waals surface area contributed by atoms with Crippen LogP contribution in [0, 0.1) is 0 Å². The largest absolute Gasteiger partial charge is 0.336 e.